The molecule has 1 saturated heterocycles. The molecule has 0 radical (unpaired) electrons. The Morgan fingerprint density at radius 3 is 2.84 bits per heavy atom. The summed E-state index contributed by atoms with van der Waals surface area (Å²) in [4.78, 5) is 7.59. The number of rotatable bonds is 4. The Kier molecular flexibility index (Phi) is 4.20. The number of likely N-dealkylation sites (tertiary alicyclic amines) is 1. The first kappa shape index (κ1) is 13.5. The molecule has 1 aromatic rings. The zero-order chi connectivity index (χ0) is 13.2. The largest absolute Gasteiger partial charge is 0.319 e. The van der Waals surface area contributed by atoms with Gasteiger partial charge in [-0.3, -0.25) is 4.90 Å². The molecule has 1 saturated carbocycles. The second-order valence-electron chi connectivity index (χ2n) is 6.02. The third-order valence-electron chi connectivity index (χ3n) is 4.47. The van der Waals surface area contributed by atoms with Crippen molar-refractivity contribution in [3.63, 3.8) is 0 Å². The fourth-order valence-corrected chi connectivity index (χ4v) is 4.13. The molecule has 1 aliphatic carbocycles. The summed E-state index contributed by atoms with van der Waals surface area (Å²) in [5.74, 6) is 0.717. The zero-order valence-corrected chi connectivity index (χ0v) is 12.9. The van der Waals surface area contributed by atoms with Gasteiger partial charge in [0.1, 0.15) is 0 Å². The molecule has 2 fully saturated rings. The van der Waals surface area contributed by atoms with Crippen molar-refractivity contribution in [1.82, 2.24) is 15.2 Å². The molecule has 4 heteroatoms. The van der Waals surface area contributed by atoms with Crippen molar-refractivity contribution >= 4 is 11.3 Å². The topological polar surface area (TPSA) is 28.2 Å². The highest BCUT2D eigenvalue weighted by Crippen LogP contribution is 2.41. The van der Waals surface area contributed by atoms with Crippen LogP contribution < -0.4 is 5.32 Å². The maximum atomic E-state index is 4.82. The summed E-state index contributed by atoms with van der Waals surface area (Å²) in [6.07, 6.45) is 6.86. The Balaban J connectivity index is 1.88. The number of hydrogen-bond acceptors (Lipinski definition) is 4. The lowest BCUT2D eigenvalue weighted by molar-refractivity contribution is 0.142. The molecule has 19 heavy (non-hydrogen) atoms. The van der Waals surface area contributed by atoms with E-state index in [0.29, 0.717) is 6.04 Å². The maximum absolute atomic E-state index is 4.82. The smallest absolute Gasteiger partial charge is 0.0898 e. The van der Waals surface area contributed by atoms with Gasteiger partial charge >= 0.3 is 0 Å². The molecule has 0 aromatic carbocycles. The van der Waals surface area contributed by atoms with Crippen LogP contribution in [0.2, 0.25) is 0 Å². The van der Waals surface area contributed by atoms with Crippen molar-refractivity contribution in [3.8, 4) is 0 Å². The third-order valence-corrected chi connectivity index (χ3v) is 5.26. The van der Waals surface area contributed by atoms with E-state index >= 15 is 0 Å². The monoisotopic (exact) mass is 279 g/mol. The first-order chi connectivity index (χ1) is 9.29. The quantitative estimate of drug-likeness (QED) is 0.918. The van der Waals surface area contributed by atoms with E-state index in [1.807, 2.05) is 0 Å². The maximum Gasteiger partial charge on any atom is 0.0898 e. The highest BCUT2D eigenvalue weighted by Gasteiger charge is 2.39. The molecule has 0 amide bonds. The summed E-state index contributed by atoms with van der Waals surface area (Å²) in [7, 11) is 2.08. The fraction of sp³-hybridized carbons (Fsp3) is 0.800. The molecular formula is C15H25N3S. The minimum absolute atomic E-state index is 0.549. The van der Waals surface area contributed by atoms with Crippen molar-refractivity contribution < 1.29 is 0 Å². The average molecular weight is 279 g/mol. The second kappa shape index (κ2) is 5.90. The summed E-state index contributed by atoms with van der Waals surface area (Å²) in [6.45, 7) is 4.51. The van der Waals surface area contributed by atoms with E-state index in [9.17, 15) is 0 Å². The van der Waals surface area contributed by atoms with Crippen LogP contribution in [-0.2, 0) is 0 Å². The molecule has 2 unspecified atom stereocenters. The Hall–Kier alpha value is -0.450. The Bertz CT molecular complexity index is 413. The van der Waals surface area contributed by atoms with Crippen LogP contribution in [0.5, 0.6) is 0 Å². The molecule has 1 N–H and O–H groups in total. The van der Waals surface area contributed by atoms with Crippen molar-refractivity contribution in [3.05, 3.63) is 16.1 Å². The number of nitrogens with zero attached hydrogens (tertiary/aromatic N) is 2. The number of hydrogen-bond donors (Lipinski definition) is 1. The van der Waals surface area contributed by atoms with E-state index in [1.165, 1.54) is 49.4 Å². The average Bonchev–Trinajstić information content (AvgIpc) is 3.17. The Morgan fingerprint density at radius 1 is 1.37 bits per heavy atom. The van der Waals surface area contributed by atoms with Gasteiger partial charge < -0.3 is 5.32 Å². The molecular weight excluding hydrogens is 254 g/mol. The van der Waals surface area contributed by atoms with Gasteiger partial charge in [0, 0.05) is 11.4 Å². The summed E-state index contributed by atoms with van der Waals surface area (Å²) in [6, 6.07) is 1.39. The van der Waals surface area contributed by atoms with Crippen molar-refractivity contribution in [2.24, 2.45) is 5.92 Å². The van der Waals surface area contributed by atoms with Crippen LogP contribution in [0.4, 0.5) is 0 Å². The minimum atomic E-state index is 0.549. The SMILES string of the molecule is CNCC1CCCCN(C2CC2)C1c1csc(C)n1. The molecule has 3 rings (SSSR count). The lowest BCUT2D eigenvalue weighted by atomic mass is 9.92. The van der Waals surface area contributed by atoms with Crippen LogP contribution in [0.15, 0.2) is 5.38 Å². The van der Waals surface area contributed by atoms with Gasteiger partial charge in [0.25, 0.3) is 0 Å². The molecule has 1 aliphatic heterocycles. The van der Waals surface area contributed by atoms with Gasteiger partial charge in [-0.05, 0) is 58.7 Å². The standard InChI is InChI=1S/C15H25N3S/c1-11-17-14(10-19-11)15-12(9-16-2)5-3-4-8-18(15)13-6-7-13/h10,12-13,15-16H,3-9H2,1-2H3. The molecule has 1 aromatic heterocycles. The molecule has 106 valence electrons. The van der Waals surface area contributed by atoms with Crippen LogP contribution in [0, 0.1) is 12.8 Å². The van der Waals surface area contributed by atoms with Gasteiger partial charge in [0.2, 0.25) is 0 Å². The van der Waals surface area contributed by atoms with E-state index in [4.69, 9.17) is 4.98 Å². The van der Waals surface area contributed by atoms with Crippen LogP contribution in [0.25, 0.3) is 0 Å². The molecule has 2 atom stereocenters. The highest BCUT2D eigenvalue weighted by molar-refractivity contribution is 7.09. The fourth-order valence-electron chi connectivity index (χ4n) is 3.49. The molecule has 2 aliphatic rings. The minimum Gasteiger partial charge on any atom is -0.319 e. The van der Waals surface area contributed by atoms with Gasteiger partial charge in [-0.15, -0.1) is 11.3 Å². The van der Waals surface area contributed by atoms with E-state index in [1.54, 1.807) is 11.3 Å². The number of thiazole rings is 1. The van der Waals surface area contributed by atoms with Crippen molar-refractivity contribution in [2.45, 2.75) is 51.1 Å². The number of aromatic nitrogens is 1. The summed E-state index contributed by atoms with van der Waals surface area (Å²) >= 11 is 1.80. The van der Waals surface area contributed by atoms with Crippen LogP contribution in [0.1, 0.15) is 48.8 Å². The lowest BCUT2D eigenvalue weighted by Gasteiger charge is -2.34. The van der Waals surface area contributed by atoms with E-state index < -0.39 is 0 Å². The van der Waals surface area contributed by atoms with E-state index in [-0.39, 0.29) is 0 Å². The molecule has 2 heterocycles. The predicted molar refractivity (Wildman–Crippen MR) is 80.6 cm³/mol. The summed E-state index contributed by atoms with van der Waals surface area (Å²) < 4.78 is 0. The highest BCUT2D eigenvalue weighted by atomic mass is 32.1. The van der Waals surface area contributed by atoms with Gasteiger partial charge in [0.15, 0.2) is 0 Å². The molecule has 3 nitrogen and oxygen atoms in total. The van der Waals surface area contributed by atoms with Gasteiger partial charge in [-0.1, -0.05) is 6.42 Å². The summed E-state index contributed by atoms with van der Waals surface area (Å²) in [5, 5.41) is 6.90. The van der Waals surface area contributed by atoms with Crippen molar-refractivity contribution in [2.75, 3.05) is 20.1 Å². The van der Waals surface area contributed by atoms with Crippen molar-refractivity contribution in [1.29, 1.82) is 0 Å². The van der Waals surface area contributed by atoms with Gasteiger partial charge in [-0.2, -0.15) is 0 Å². The first-order valence-electron chi connectivity index (χ1n) is 7.62. The van der Waals surface area contributed by atoms with E-state index in [0.717, 1.165) is 18.5 Å². The van der Waals surface area contributed by atoms with E-state index in [2.05, 4.69) is 29.6 Å². The van der Waals surface area contributed by atoms with Crippen LogP contribution >= 0.6 is 11.3 Å². The first-order valence-corrected chi connectivity index (χ1v) is 8.50. The molecule has 0 spiro atoms. The Morgan fingerprint density at radius 2 is 2.21 bits per heavy atom. The molecule has 0 bridgehead atoms. The summed E-state index contributed by atoms with van der Waals surface area (Å²) in [5.41, 5.74) is 1.33. The number of nitrogens with one attached hydrogen (secondary N) is 1. The van der Waals surface area contributed by atoms with Crippen LogP contribution in [0.3, 0.4) is 0 Å². The van der Waals surface area contributed by atoms with Gasteiger partial charge in [0.05, 0.1) is 16.7 Å². The lowest BCUT2D eigenvalue weighted by Crippen LogP contribution is -2.38. The normalized spacial score (nSPS) is 29.4. The third kappa shape index (κ3) is 3.01. The van der Waals surface area contributed by atoms with Gasteiger partial charge in [-0.25, -0.2) is 4.98 Å². The van der Waals surface area contributed by atoms with Crippen LogP contribution in [-0.4, -0.2) is 36.1 Å². The second-order valence-corrected chi connectivity index (χ2v) is 7.08. The predicted octanol–water partition coefficient (Wildman–Crippen LogP) is 2.98. The zero-order valence-electron chi connectivity index (χ0n) is 12.1. The number of aryl methyl sites for hydroxylation is 1. The Labute approximate surface area is 120 Å².